The van der Waals surface area contributed by atoms with Crippen molar-refractivity contribution >= 4 is 16.6 Å². The van der Waals surface area contributed by atoms with Crippen molar-refractivity contribution in [1.29, 1.82) is 0 Å². The van der Waals surface area contributed by atoms with Gasteiger partial charge < -0.3 is 5.32 Å². The first-order valence-corrected chi connectivity index (χ1v) is 5.40. The molecular formula is C13H16N2. The second kappa shape index (κ2) is 4.30. The standard InChI is InChI=1S/C13H16N2/c1-3-7-14-12-6-8-15-13-9-10(2)4-5-11(12)13/h4-6,8-9H,3,7H2,1-2H3,(H,14,15). The van der Waals surface area contributed by atoms with Crippen LogP contribution in [-0.4, -0.2) is 11.5 Å². The van der Waals surface area contributed by atoms with Gasteiger partial charge in [0.1, 0.15) is 0 Å². The zero-order valence-electron chi connectivity index (χ0n) is 9.25. The Morgan fingerprint density at radius 1 is 1.27 bits per heavy atom. The molecule has 2 aromatic rings. The van der Waals surface area contributed by atoms with Gasteiger partial charge in [-0.3, -0.25) is 4.98 Å². The van der Waals surface area contributed by atoms with Crippen LogP contribution in [0.25, 0.3) is 10.9 Å². The lowest BCUT2D eigenvalue weighted by atomic mass is 10.1. The quantitative estimate of drug-likeness (QED) is 0.821. The molecule has 2 rings (SSSR count). The third-order valence-electron chi connectivity index (χ3n) is 2.46. The summed E-state index contributed by atoms with van der Waals surface area (Å²) in [5.41, 5.74) is 3.50. The predicted octanol–water partition coefficient (Wildman–Crippen LogP) is 3.37. The number of pyridine rings is 1. The molecule has 2 nitrogen and oxygen atoms in total. The van der Waals surface area contributed by atoms with E-state index < -0.39 is 0 Å². The summed E-state index contributed by atoms with van der Waals surface area (Å²) in [6, 6.07) is 8.41. The minimum absolute atomic E-state index is 1.01. The van der Waals surface area contributed by atoms with Gasteiger partial charge in [0.2, 0.25) is 0 Å². The normalized spacial score (nSPS) is 10.5. The molecular weight excluding hydrogens is 184 g/mol. The Balaban J connectivity index is 2.46. The van der Waals surface area contributed by atoms with Crippen LogP contribution in [0.4, 0.5) is 5.69 Å². The van der Waals surface area contributed by atoms with Crippen LogP contribution in [0.2, 0.25) is 0 Å². The monoisotopic (exact) mass is 200 g/mol. The smallest absolute Gasteiger partial charge is 0.0725 e. The largest absolute Gasteiger partial charge is 0.384 e. The van der Waals surface area contributed by atoms with E-state index in [9.17, 15) is 0 Å². The number of aryl methyl sites for hydroxylation is 1. The molecule has 0 atom stereocenters. The van der Waals surface area contributed by atoms with E-state index in [1.54, 1.807) is 0 Å². The maximum absolute atomic E-state index is 4.37. The van der Waals surface area contributed by atoms with E-state index in [1.165, 1.54) is 16.6 Å². The van der Waals surface area contributed by atoms with Gasteiger partial charge >= 0.3 is 0 Å². The summed E-state index contributed by atoms with van der Waals surface area (Å²) in [6.45, 7) is 5.26. The van der Waals surface area contributed by atoms with Crippen LogP contribution in [0.3, 0.4) is 0 Å². The molecule has 0 fully saturated rings. The second-order valence-electron chi connectivity index (χ2n) is 3.81. The first-order valence-electron chi connectivity index (χ1n) is 5.40. The van der Waals surface area contributed by atoms with Gasteiger partial charge in [-0.25, -0.2) is 0 Å². The number of nitrogens with one attached hydrogen (secondary N) is 1. The fourth-order valence-corrected chi connectivity index (χ4v) is 1.67. The van der Waals surface area contributed by atoms with Crippen molar-refractivity contribution in [2.24, 2.45) is 0 Å². The van der Waals surface area contributed by atoms with Gasteiger partial charge in [0.15, 0.2) is 0 Å². The van der Waals surface area contributed by atoms with E-state index in [0.717, 1.165) is 18.5 Å². The first kappa shape index (κ1) is 9.97. The van der Waals surface area contributed by atoms with Gasteiger partial charge in [0, 0.05) is 23.8 Å². The van der Waals surface area contributed by atoms with Gasteiger partial charge in [0.05, 0.1) is 5.52 Å². The molecule has 0 aliphatic carbocycles. The highest BCUT2D eigenvalue weighted by molar-refractivity contribution is 5.91. The molecule has 1 heterocycles. The molecule has 2 heteroatoms. The molecule has 0 saturated heterocycles. The van der Waals surface area contributed by atoms with Crippen LogP contribution in [0.1, 0.15) is 18.9 Å². The van der Waals surface area contributed by atoms with Gasteiger partial charge in [-0.05, 0) is 31.0 Å². The molecule has 15 heavy (non-hydrogen) atoms. The molecule has 0 aliphatic rings. The van der Waals surface area contributed by atoms with Crippen molar-refractivity contribution in [3.05, 3.63) is 36.0 Å². The first-order chi connectivity index (χ1) is 7.31. The summed E-state index contributed by atoms with van der Waals surface area (Å²) in [7, 11) is 0. The highest BCUT2D eigenvalue weighted by atomic mass is 14.9. The number of anilines is 1. The topological polar surface area (TPSA) is 24.9 Å². The Morgan fingerprint density at radius 2 is 2.13 bits per heavy atom. The predicted molar refractivity (Wildman–Crippen MR) is 65.3 cm³/mol. The minimum atomic E-state index is 1.01. The fourth-order valence-electron chi connectivity index (χ4n) is 1.67. The Bertz CT molecular complexity index is 463. The van der Waals surface area contributed by atoms with Gasteiger partial charge in [0.25, 0.3) is 0 Å². The SMILES string of the molecule is CCCNc1ccnc2cc(C)ccc12. The van der Waals surface area contributed by atoms with Crippen molar-refractivity contribution in [3.8, 4) is 0 Å². The highest BCUT2D eigenvalue weighted by Gasteiger charge is 2.00. The summed E-state index contributed by atoms with van der Waals surface area (Å²) in [5, 5.41) is 4.62. The fraction of sp³-hybridized carbons (Fsp3) is 0.308. The molecule has 78 valence electrons. The summed E-state index contributed by atoms with van der Waals surface area (Å²) in [5.74, 6) is 0. The number of nitrogens with zero attached hydrogens (tertiary/aromatic N) is 1. The van der Waals surface area contributed by atoms with Gasteiger partial charge in [-0.1, -0.05) is 19.1 Å². The molecule has 0 saturated carbocycles. The van der Waals surface area contributed by atoms with E-state index in [-0.39, 0.29) is 0 Å². The molecule has 0 spiro atoms. The molecule has 0 unspecified atom stereocenters. The lowest BCUT2D eigenvalue weighted by Gasteiger charge is -2.08. The van der Waals surface area contributed by atoms with Crippen molar-refractivity contribution in [3.63, 3.8) is 0 Å². The highest BCUT2D eigenvalue weighted by Crippen LogP contribution is 2.22. The number of fused-ring (bicyclic) bond motifs is 1. The van der Waals surface area contributed by atoms with Crippen molar-refractivity contribution < 1.29 is 0 Å². The minimum Gasteiger partial charge on any atom is -0.384 e. The summed E-state index contributed by atoms with van der Waals surface area (Å²) in [6.07, 6.45) is 3.00. The van der Waals surface area contributed by atoms with Gasteiger partial charge in [-0.2, -0.15) is 0 Å². The molecule has 0 aliphatic heterocycles. The molecule has 0 bridgehead atoms. The third-order valence-corrected chi connectivity index (χ3v) is 2.46. The lowest BCUT2D eigenvalue weighted by Crippen LogP contribution is -2.00. The number of rotatable bonds is 3. The van der Waals surface area contributed by atoms with E-state index in [2.05, 4.69) is 42.3 Å². The summed E-state index contributed by atoms with van der Waals surface area (Å²) in [4.78, 5) is 4.37. The number of hydrogen-bond donors (Lipinski definition) is 1. The van der Waals surface area contributed by atoms with Gasteiger partial charge in [-0.15, -0.1) is 0 Å². The Hall–Kier alpha value is -1.57. The zero-order chi connectivity index (χ0) is 10.7. The maximum atomic E-state index is 4.37. The third kappa shape index (κ3) is 2.09. The summed E-state index contributed by atoms with van der Waals surface area (Å²) < 4.78 is 0. The molecule has 1 aromatic carbocycles. The zero-order valence-corrected chi connectivity index (χ0v) is 9.25. The van der Waals surface area contributed by atoms with Crippen molar-refractivity contribution in [2.75, 3.05) is 11.9 Å². The van der Waals surface area contributed by atoms with E-state index in [1.807, 2.05) is 12.3 Å². The molecule has 0 amide bonds. The molecule has 1 aromatic heterocycles. The Kier molecular flexibility index (Phi) is 2.86. The molecule has 1 N–H and O–H groups in total. The summed E-state index contributed by atoms with van der Waals surface area (Å²) >= 11 is 0. The van der Waals surface area contributed by atoms with E-state index in [0.29, 0.717) is 0 Å². The average molecular weight is 200 g/mol. The van der Waals surface area contributed by atoms with Crippen molar-refractivity contribution in [2.45, 2.75) is 20.3 Å². The van der Waals surface area contributed by atoms with Crippen LogP contribution < -0.4 is 5.32 Å². The Labute approximate surface area is 90.3 Å². The second-order valence-corrected chi connectivity index (χ2v) is 3.81. The van der Waals surface area contributed by atoms with Crippen LogP contribution >= 0.6 is 0 Å². The average Bonchev–Trinajstić information content (AvgIpc) is 2.25. The maximum Gasteiger partial charge on any atom is 0.0725 e. The number of hydrogen-bond acceptors (Lipinski definition) is 2. The number of aromatic nitrogens is 1. The molecule has 0 radical (unpaired) electrons. The van der Waals surface area contributed by atoms with E-state index in [4.69, 9.17) is 0 Å². The van der Waals surface area contributed by atoms with Crippen LogP contribution in [0.15, 0.2) is 30.5 Å². The van der Waals surface area contributed by atoms with Crippen LogP contribution in [0.5, 0.6) is 0 Å². The van der Waals surface area contributed by atoms with E-state index >= 15 is 0 Å². The Morgan fingerprint density at radius 3 is 2.93 bits per heavy atom. The lowest BCUT2D eigenvalue weighted by molar-refractivity contribution is 0.981. The van der Waals surface area contributed by atoms with Crippen LogP contribution in [-0.2, 0) is 0 Å². The number of benzene rings is 1. The van der Waals surface area contributed by atoms with Crippen LogP contribution in [0, 0.1) is 6.92 Å². The van der Waals surface area contributed by atoms with Crippen molar-refractivity contribution in [1.82, 2.24) is 4.98 Å².